The monoisotopic (exact) mass is 324 g/mol. The molecule has 0 radical (unpaired) electrons. The minimum atomic E-state index is -0.139. The van der Waals surface area contributed by atoms with Crippen LogP contribution in [0.4, 0.5) is 11.4 Å². The molecule has 0 spiro atoms. The van der Waals surface area contributed by atoms with E-state index in [9.17, 15) is 4.79 Å². The Kier molecular flexibility index (Phi) is 5.11. The van der Waals surface area contributed by atoms with Gasteiger partial charge in [0.1, 0.15) is 0 Å². The van der Waals surface area contributed by atoms with E-state index in [2.05, 4.69) is 46.3 Å². The van der Waals surface area contributed by atoms with Crippen LogP contribution in [0.25, 0.3) is 0 Å². The Balaban J connectivity index is 1.62. The average molecular weight is 324 g/mol. The van der Waals surface area contributed by atoms with Crippen LogP contribution < -0.4 is 10.2 Å². The Hall–Kier alpha value is -2.40. The summed E-state index contributed by atoms with van der Waals surface area (Å²) in [6, 6.07) is 12.1. The van der Waals surface area contributed by atoms with Gasteiger partial charge in [-0.15, -0.1) is 0 Å². The molecule has 1 fully saturated rings. The van der Waals surface area contributed by atoms with Crippen molar-refractivity contribution in [3.8, 4) is 0 Å². The van der Waals surface area contributed by atoms with E-state index in [1.165, 1.54) is 18.5 Å². The molecule has 0 aliphatic carbocycles. The first-order chi connectivity index (χ1) is 11.6. The number of nitrogens with one attached hydrogen (secondary N) is 1. The summed E-state index contributed by atoms with van der Waals surface area (Å²) < 4.78 is 0. The second-order valence-electron chi connectivity index (χ2n) is 6.39. The van der Waals surface area contributed by atoms with E-state index in [1.807, 2.05) is 12.1 Å². The van der Waals surface area contributed by atoms with Crippen LogP contribution in [0.3, 0.4) is 0 Å². The van der Waals surface area contributed by atoms with Gasteiger partial charge in [0, 0.05) is 36.9 Å². The maximum atomic E-state index is 12.1. The molecule has 0 atom stereocenters. The molecule has 1 aliphatic heterocycles. The predicted molar refractivity (Wildman–Crippen MR) is 97.6 cm³/mol. The summed E-state index contributed by atoms with van der Waals surface area (Å²) >= 11 is 0. The van der Waals surface area contributed by atoms with E-state index in [1.54, 1.807) is 24.5 Å². The summed E-state index contributed by atoms with van der Waals surface area (Å²) in [6.45, 7) is 2.29. The lowest BCUT2D eigenvalue weighted by atomic mass is 10.0. The quantitative estimate of drug-likeness (QED) is 0.939. The highest BCUT2D eigenvalue weighted by Crippen LogP contribution is 2.23. The van der Waals surface area contributed by atoms with Gasteiger partial charge in [0.15, 0.2) is 0 Å². The number of piperidine rings is 1. The van der Waals surface area contributed by atoms with Gasteiger partial charge >= 0.3 is 0 Å². The van der Waals surface area contributed by atoms with Gasteiger partial charge < -0.3 is 15.1 Å². The van der Waals surface area contributed by atoms with Gasteiger partial charge in [-0.1, -0.05) is 0 Å². The Morgan fingerprint density at radius 2 is 1.92 bits per heavy atom. The molecule has 1 aliphatic rings. The molecule has 126 valence electrons. The van der Waals surface area contributed by atoms with Crippen molar-refractivity contribution in [3.05, 3.63) is 54.4 Å². The van der Waals surface area contributed by atoms with Crippen molar-refractivity contribution < 1.29 is 4.79 Å². The van der Waals surface area contributed by atoms with Gasteiger partial charge in [-0.05, 0) is 69.4 Å². The Bertz CT molecular complexity index is 664. The Labute approximate surface area is 143 Å². The molecule has 2 aromatic rings. The number of rotatable bonds is 4. The van der Waals surface area contributed by atoms with Crippen LogP contribution in [-0.2, 0) is 0 Å². The molecule has 0 unspecified atom stereocenters. The lowest BCUT2D eigenvalue weighted by molar-refractivity contribution is 0.102. The third-order valence-electron chi connectivity index (χ3n) is 4.69. The third-order valence-corrected chi connectivity index (χ3v) is 4.69. The summed E-state index contributed by atoms with van der Waals surface area (Å²) in [5, 5.41) is 2.91. The molecule has 1 aromatic heterocycles. The van der Waals surface area contributed by atoms with Gasteiger partial charge in [-0.3, -0.25) is 9.78 Å². The minimum Gasteiger partial charge on any atom is -0.372 e. The first-order valence-electron chi connectivity index (χ1n) is 8.36. The van der Waals surface area contributed by atoms with E-state index < -0.39 is 0 Å². The van der Waals surface area contributed by atoms with E-state index >= 15 is 0 Å². The highest BCUT2D eigenvalue weighted by atomic mass is 16.1. The summed E-state index contributed by atoms with van der Waals surface area (Å²) in [7, 11) is 4.33. The van der Waals surface area contributed by atoms with Crippen LogP contribution >= 0.6 is 0 Å². The summed E-state index contributed by atoms with van der Waals surface area (Å²) in [5.41, 5.74) is 2.54. The second kappa shape index (κ2) is 7.45. The normalized spacial score (nSPS) is 15.9. The largest absolute Gasteiger partial charge is 0.372 e. The predicted octanol–water partition coefficient (Wildman–Crippen LogP) is 2.86. The van der Waals surface area contributed by atoms with Crippen molar-refractivity contribution in [2.45, 2.75) is 18.9 Å². The standard InChI is InChI=1S/C19H24N4O/c1-22-12-9-18(10-13-22)23(2)17-7-5-16(6-8-17)21-19(24)15-4-3-11-20-14-15/h3-8,11,14,18H,9-10,12-13H2,1-2H3,(H,21,24). The average Bonchev–Trinajstić information content (AvgIpc) is 2.63. The van der Waals surface area contributed by atoms with Crippen LogP contribution in [0.5, 0.6) is 0 Å². The number of nitrogens with zero attached hydrogens (tertiary/aromatic N) is 3. The van der Waals surface area contributed by atoms with Gasteiger partial charge in [0.2, 0.25) is 0 Å². The van der Waals surface area contributed by atoms with E-state index in [4.69, 9.17) is 0 Å². The molecule has 1 aromatic carbocycles. The number of aromatic nitrogens is 1. The van der Waals surface area contributed by atoms with Crippen LogP contribution in [0.15, 0.2) is 48.8 Å². The van der Waals surface area contributed by atoms with Crippen LogP contribution in [0, 0.1) is 0 Å². The minimum absolute atomic E-state index is 0.139. The Morgan fingerprint density at radius 1 is 1.21 bits per heavy atom. The molecule has 1 N–H and O–H groups in total. The molecule has 2 heterocycles. The smallest absolute Gasteiger partial charge is 0.257 e. The first-order valence-corrected chi connectivity index (χ1v) is 8.36. The fraction of sp³-hybridized carbons (Fsp3) is 0.368. The van der Waals surface area contributed by atoms with Gasteiger partial charge in [0.25, 0.3) is 5.91 Å². The molecule has 1 saturated heterocycles. The van der Waals surface area contributed by atoms with Crippen molar-refractivity contribution in [3.63, 3.8) is 0 Å². The number of anilines is 2. The first kappa shape index (κ1) is 16.5. The molecule has 3 rings (SSSR count). The fourth-order valence-corrected chi connectivity index (χ4v) is 3.07. The number of likely N-dealkylation sites (tertiary alicyclic amines) is 1. The Morgan fingerprint density at radius 3 is 2.54 bits per heavy atom. The zero-order valence-corrected chi connectivity index (χ0v) is 14.3. The SMILES string of the molecule is CN1CCC(N(C)c2ccc(NC(=O)c3cccnc3)cc2)CC1. The number of hydrogen-bond donors (Lipinski definition) is 1. The van der Waals surface area contributed by atoms with E-state index in [-0.39, 0.29) is 5.91 Å². The molecule has 5 nitrogen and oxygen atoms in total. The number of pyridine rings is 1. The highest BCUT2D eigenvalue weighted by Gasteiger charge is 2.20. The topological polar surface area (TPSA) is 48.5 Å². The van der Waals surface area contributed by atoms with E-state index in [0.29, 0.717) is 11.6 Å². The molecular weight excluding hydrogens is 300 g/mol. The lowest BCUT2D eigenvalue weighted by Crippen LogP contribution is -2.41. The number of benzene rings is 1. The third kappa shape index (κ3) is 3.92. The van der Waals surface area contributed by atoms with Crippen molar-refractivity contribution in [1.82, 2.24) is 9.88 Å². The van der Waals surface area contributed by atoms with Gasteiger partial charge in [0.05, 0.1) is 5.56 Å². The number of carbonyl (C=O) groups is 1. The van der Waals surface area contributed by atoms with Gasteiger partial charge in [-0.2, -0.15) is 0 Å². The molecule has 0 saturated carbocycles. The summed E-state index contributed by atoms with van der Waals surface area (Å²) in [4.78, 5) is 20.8. The number of hydrogen-bond acceptors (Lipinski definition) is 4. The van der Waals surface area contributed by atoms with Crippen molar-refractivity contribution in [2.75, 3.05) is 37.4 Å². The van der Waals surface area contributed by atoms with E-state index in [0.717, 1.165) is 18.8 Å². The van der Waals surface area contributed by atoms with Gasteiger partial charge in [-0.25, -0.2) is 0 Å². The van der Waals surface area contributed by atoms with Crippen LogP contribution in [0.2, 0.25) is 0 Å². The number of amides is 1. The summed E-state index contributed by atoms with van der Waals surface area (Å²) in [6.07, 6.45) is 5.60. The molecule has 1 amide bonds. The molecule has 24 heavy (non-hydrogen) atoms. The van der Waals surface area contributed by atoms with Crippen molar-refractivity contribution in [1.29, 1.82) is 0 Å². The second-order valence-corrected chi connectivity index (χ2v) is 6.39. The summed E-state index contributed by atoms with van der Waals surface area (Å²) in [5.74, 6) is -0.139. The number of carbonyl (C=O) groups excluding carboxylic acids is 1. The van der Waals surface area contributed by atoms with Crippen molar-refractivity contribution in [2.24, 2.45) is 0 Å². The van der Waals surface area contributed by atoms with Crippen LogP contribution in [0.1, 0.15) is 23.2 Å². The maximum absolute atomic E-state index is 12.1. The van der Waals surface area contributed by atoms with Crippen LogP contribution in [-0.4, -0.2) is 49.0 Å². The fourth-order valence-electron chi connectivity index (χ4n) is 3.07. The lowest BCUT2D eigenvalue weighted by Gasteiger charge is -2.36. The maximum Gasteiger partial charge on any atom is 0.257 e. The van der Waals surface area contributed by atoms with Crippen molar-refractivity contribution >= 4 is 17.3 Å². The molecule has 0 bridgehead atoms. The zero-order valence-electron chi connectivity index (χ0n) is 14.3. The molecular formula is C19H24N4O. The molecule has 5 heteroatoms. The zero-order chi connectivity index (χ0) is 16.9. The highest BCUT2D eigenvalue weighted by molar-refractivity contribution is 6.04.